The lowest BCUT2D eigenvalue weighted by Gasteiger charge is -2.31. The predicted molar refractivity (Wildman–Crippen MR) is 84.8 cm³/mol. The van der Waals surface area contributed by atoms with E-state index < -0.39 is 5.82 Å². The zero-order chi connectivity index (χ0) is 15.4. The summed E-state index contributed by atoms with van der Waals surface area (Å²) >= 11 is 1.78. The highest BCUT2D eigenvalue weighted by Crippen LogP contribution is 2.31. The van der Waals surface area contributed by atoms with Crippen LogP contribution in [0.2, 0.25) is 0 Å². The van der Waals surface area contributed by atoms with Crippen molar-refractivity contribution in [2.45, 2.75) is 18.8 Å². The van der Waals surface area contributed by atoms with Crippen molar-refractivity contribution in [2.24, 2.45) is 0 Å². The Kier molecular flexibility index (Phi) is 4.73. The number of ether oxygens (including phenoxy) is 1. The maximum absolute atomic E-state index is 13.4. The number of rotatable bonds is 4. The van der Waals surface area contributed by atoms with E-state index in [-0.39, 0.29) is 18.3 Å². The van der Waals surface area contributed by atoms with Crippen LogP contribution in [-0.4, -0.2) is 30.5 Å². The third-order valence-corrected chi connectivity index (χ3v) is 5.02. The monoisotopic (exact) mass is 319 g/mol. The number of amides is 1. The summed E-state index contributed by atoms with van der Waals surface area (Å²) in [5.41, 5.74) is 0. The number of likely N-dealkylation sites (tertiary alicyclic amines) is 1. The molecule has 0 N–H and O–H groups in total. The number of benzene rings is 1. The number of hydrogen-bond acceptors (Lipinski definition) is 3. The predicted octanol–water partition coefficient (Wildman–Crippen LogP) is 3.67. The molecule has 1 aromatic heterocycles. The van der Waals surface area contributed by atoms with Gasteiger partial charge in [0.15, 0.2) is 18.2 Å². The fourth-order valence-electron chi connectivity index (χ4n) is 2.73. The molecule has 116 valence electrons. The molecule has 1 aliphatic heterocycles. The first kappa shape index (κ1) is 15.0. The Balaban J connectivity index is 1.49. The lowest BCUT2D eigenvalue weighted by atomic mass is 9.95. The summed E-state index contributed by atoms with van der Waals surface area (Å²) in [6.07, 6.45) is 1.96. The number of piperidine rings is 1. The Hall–Kier alpha value is -1.88. The van der Waals surface area contributed by atoms with E-state index >= 15 is 0 Å². The average Bonchev–Trinajstić information content (AvgIpc) is 3.08. The molecule has 3 rings (SSSR count). The molecule has 0 aliphatic carbocycles. The van der Waals surface area contributed by atoms with Gasteiger partial charge in [-0.05, 0) is 42.3 Å². The molecule has 0 bridgehead atoms. The van der Waals surface area contributed by atoms with Crippen LogP contribution in [-0.2, 0) is 4.79 Å². The maximum atomic E-state index is 13.4. The molecule has 0 unspecified atom stereocenters. The Labute approximate surface area is 133 Å². The topological polar surface area (TPSA) is 29.5 Å². The molecule has 2 heterocycles. The standard InChI is InChI=1S/C17H18FNO2S/c18-14-4-1-2-5-15(14)21-12-17(20)19-9-7-13(8-10-19)16-6-3-11-22-16/h1-6,11,13H,7-10,12H2. The lowest BCUT2D eigenvalue weighted by molar-refractivity contribution is -0.134. The van der Waals surface area contributed by atoms with E-state index in [1.807, 2.05) is 4.90 Å². The van der Waals surface area contributed by atoms with Gasteiger partial charge in [0, 0.05) is 18.0 Å². The molecule has 22 heavy (non-hydrogen) atoms. The highest BCUT2D eigenvalue weighted by Gasteiger charge is 2.24. The second-order valence-corrected chi connectivity index (χ2v) is 6.37. The van der Waals surface area contributed by atoms with Crippen LogP contribution in [0.4, 0.5) is 4.39 Å². The van der Waals surface area contributed by atoms with E-state index in [2.05, 4.69) is 17.5 Å². The van der Waals surface area contributed by atoms with Crippen molar-refractivity contribution in [1.29, 1.82) is 0 Å². The van der Waals surface area contributed by atoms with Gasteiger partial charge < -0.3 is 9.64 Å². The van der Waals surface area contributed by atoms with Gasteiger partial charge in [-0.25, -0.2) is 4.39 Å². The third-order valence-electron chi connectivity index (χ3n) is 3.98. The SMILES string of the molecule is O=C(COc1ccccc1F)N1CCC(c2cccs2)CC1. The number of hydrogen-bond donors (Lipinski definition) is 0. The van der Waals surface area contributed by atoms with Crippen LogP contribution in [0.25, 0.3) is 0 Å². The molecule has 3 nitrogen and oxygen atoms in total. The van der Waals surface area contributed by atoms with Gasteiger partial charge in [-0.3, -0.25) is 4.79 Å². The molecule has 0 atom stereocenters. The number of carbonyl (C=O) groups excluding carboxylic acids is 1. The molecule has 1 amide bonds. The van der Waals surface area contributed by atoms with Gasteiger partial charge in [0.2, 0.25) is 0 Å². The maximum Gasteiger partial charge on any atom is 0.260 e. The molecule has 0 saturated carbocycles. The summed E-state index contributed by atoms with van der Waals surface area (Å²) in [6, 6.07) is 10.4. The van der Waals surface area contributed by atoms with Gasteiger partial charge >= 0.3 is 0 Å². The fraction of sp³-hybridized carbons (Fsp3) is 0.353. The third kappa shape index (κ3) is 3.47. The molecule has 1 fully saturated rings. The van der Waals surface area contributed by atoms with E-state index in [4.69, 9.17) is 4.74 Å². The largest absolute Gasteiger partial charge is 0.481 e. The van der Waals surface area contributed by atoms with Crippen molar-refractivity contribution in [1.82, 2.24) is 4.90 Å². The van der Waals surface area contributed by atoms with E-state index in [1.54, 1.807) is 23.5 Å². The van der Waals surface area contributed by atoms with Gasteiger partial charge in [0.1, 0.15) is 0 Å². The zero-order valence-corrected chi connectivity index (χ0v) is 13.0. The van der Waals surface area contributed by atoms with Crippen LogP contribution in [0, 0.1) is 5.82 Å². The van der Waals surface area contributed by atoms with Crippen LogP contribution in [0.15, 0.2) is 41.8 Å². The first-order chi connectivity index (χ1) is 10.7. The Morgan fingerprint density at radius 3 is 2.68 bits per heavy atom. The van der Waals surface area contributed by atoms with Gasteiger partial charge in [-0.1, -0.05) is 18.2 Å². The number of carbonyl (C=O) groups is 1. The summed E-state index contributed by atoms with van der Waals surface area (Å²) in [4.78, 5) is 15.4. The Morgan fingerprint density at radius 2 is 2.00 bits per heavy atom. The summed E-state index contributed by atoms with van der Waals surface area (Å²) in [5, 5.41) is 2.09. The van der Waals surface area contributed by atoms with E-state index in [0.29, 0.717) is 5.92 Å². The van der Waals surface area contributed by atoms with E-state index in [0.717, 1.165) is 25.9 Å². The molecular formula is C17H18FNO2S. The highest BCUT2D eigenvalue weighted by molar-refractivity contribution is 7.10. The molecule has 1 aliphatic rings. The minimum absolute atomic E-state index is 0.0760. The first-order valence-electron chi connectivity index (χ1n) is 7.42. The van der Waals surface area contributed by atoms with Crippen molar-refractivity contribution >= 4 is 17.2 Å². The van der Waals surface area contributed by atoms with Crippen molar-refractivity contribution < 1.29 is 13.9 Å². The van der Waals surface area contributed by atoms with E-state index in [9.17, 15) is 9.18 Å². The van der Waals surface area contributed by atoms with Crippen LogP contribution in [0.1, 0.15) is 23.6 Å². The number of halogens is 1. The number of nitrogens with zero attached hydrogens (tertiary/aromatic N) is 1. The highest BCUT2D eigenvalue weighted by atomic mass is 32.1. The molecule has 2 aromatic rings. The minimum Gasteiger partial charge on any atom is -0.481 e. The Morgan fingerprint density at radius 1 is 1.23 bits per heavy atom. The smallest absolute Gasteiger partial charge is 0.260 e. The van der Waals surface area contributed by atoms with Crippen LogP contribution in [0.5, 0.6) is 5.75 Å². The quantitative estimate of drug-likeness (QED) is 0.860. The number of thiophene rings is 1. The summed E-state index contributed by atoms with van der Waals surface area (Å²) in [6.45, 7) is 1.37. The molecule has 0 spiro atoms. The van der Waals surface area contributed by atoms with Crippen LogP contribution < -0.4 is 4.74 Å². The average molecular weight is 319 g/mol. The second-order valence-electron chi connectivity index (χ2n) is 5.39. The first-order valence-corrected chi connectivity index (χ1v) is 8.30. The molecule has 5 heteroatoms. The van der Waals surface area contributed by atoms with Crippen LogP contribution >= 0.6 is 11.3 Å². The zero-order valence-electron chi connectivity index (χ0n) is 12.2. The minimum atomic E-state index is -0.438. The molecule has 0 radical (unpaired) electrons. The van der Waals surface area contributed by atoms with Gasteiger partial charge in [-0.2, -0.15) is 0 Å². The summed E-state index contributed by atoms with van der Waals surface area (Å²) in [7, 11) is 0. The van der Waals surface area contributed by atoms with E-state index in [1.165, 1.54) is 17.0 Å². The molecular weight excluding hydrogens is 301 g/mol. The van der Waals surface area contributed by atoms with Crippen LogP contribution in [0.3, 0.4) is 0 Å². The van der Waals surface area contributed by atoms with Crippen molar-refractivity contribution in [2.75, 3.05) is 19.7 Å². The number of para-hydroxylation sites is 1. The van der Waals surface area contributed by atoms with Gasteiger partial charge in [0.25, 0.3) is 5.91 Å². The Bertz CT molecular complexity index is 621. The van der Waals surface area contributed by atoms with Crippen molar-refractivity contribution in [3.05, 3.63) is 52.5 Å². The second kappa shape index (κ2) is 6.92. The van der Waals surface area contributed by atoms with Crippen molar-refractivity contribution in [3.8, 4) is 5.75 Å². The normalized spacial score (nSPS) is 15.8. The summed E-state index contributed by atoms with van der Waals surface area (Å²) < 4.78 is 18.7. The summed E-state index contributed by atoms with van der Waals surface area (Å²) in [5.74, 6) is 0.167. The molecule has 1 aromatic carbocycles. The molecule has 1 saturated heterocycles. The van der Waals surface area contributed by atoms with Gasteiger partial charge in [0.05, 0.1) is 0 Å². The van der Waals surface area contributed by atoms with Gasteiger partial charge in [-0.15, -0.1) is 11.3 Å². The lowest BCUT2D eigenvalue weighted by Crippen LogP contribution is -2.40. The van der Waals surface area contributed by atoms with Crippen molar-refractivity contribution in [3.63, 3.8) is 0 Å². The fourth-order valence-corrected chi connectivity index (χ4v) is 3.63.